The Hall–Kier alpha value is -2.58. The van der Waals surface area contributed by atoms with Crippen molar-refractivity contribution in [3.63, 3.8) is 0 Å². The van der Waals surface area contributed by atoms with Crippen molar-refractivity contribution in [2.75, 3.05) is 57.1 Å². The smallest absolute Gasteiger partial charge is 0.391 e. The molecule has 0 amide bonds. The van der Waals surface area contributed by atoms with Crippen LogP contribution in [-0.2, 0) is 25.2 Å². The number of nitrogens with two attached hydrogens (primary N) is 1. The van der Waals surface area contributed by atoms with Gasteiger partial charge in [-0.3, -0.25) is 9.69 Å². The molecule has 19 heteroatoms. The van der Waals surface area contributed by atoms with Crippen LogP contribution < -0.4 is 10.6 Å². The van der Waals surface area contributed by atoms with Crippen molar-refractivity contribution in [2.24, 2.45) is 0 Å². The lowest BCUT2D eigenvalue weighted by Gasteiger charge is -2.44. The highest BCUT2D eigenvalue weighted by Crippen LogP contribution is 2.49. The van der Waals surface area contributed by atoms with Crippen LogP contribution in [0.3, 0.4) is 0 Å². The van der Waals surface area contributed by atoms with Gasteiger partial charge in [0, 0.05) is 76.7 Å². The van der Waals surface area contributed by atoms with Crippen LogP contribution in [0.2, 0.25) is 0 Å². The Balaban J connectivity index is 1.67. The molecule has 0 bridgehead atoms. The largest absolute Gasteiger partial charge is 0.430 e. The maximum atomic E-state index is 13.3. The zero-order valence-corrected chi connectivity index (χ0v) is 23.7. The number of ketones is 1. The molecule has 11 nitrogen and oxygen atoms in total. The Morgan fingerprint density at radius 2 is 1.71 bits per heavy atom. The number of methoxy groups -OCH3 is 1. The Kier molecular flexibility index (Phi) is 9.11. The summed E-state index contributed by atoms with van der Waals surface area (Å²) in [6, 6.07) is 1.75. The number of piperidine rings is 1. The van der Waals surface area contributed by atoms with Crippen LogP contribution >= 0.6 is 11.3 Å². The minimum absolute atomic E-state index is 0.00668. The highest BCUT2D eigenvalue weighted by Gasteiger charge is 2.71. The molecule has 2 atom stereocenters. The van der Waals surface area contributed by atoms with Gasteiger partial charge in [-0.1, -0.05) is 0 Å². The van der Waals surface area contributed by atoms with E-state index in [1.807, 2.05) is 4.90 Å². The molecule has 2 fully saturated rings. The predicted octanol–water partition coefficient (Wildman–Crippen LogP) is 1.99. The van der Waals surface area contributed by atoms with Gasteiger partial charge in [0.15, 0.2) is 0 Å². The van der Waals surface area contributed by atoms with Gasteiger partial charge in [-0.15, -0.1) is 11.3 Å². The lowest BCUT2D eigenvalue weighted by Crippen LogP contribution is -2.60. The van der Waals surface area contributed by atoms with E-state index in [4.69, 9.17) is 10.5 Å². The molecule has 2 aliphatic rings. The Morgan fingerprint density at radius 3 is 2.26 bits per heavy atom. The van der Waals surface area contributed by atoms with Crippen LogP contribution in [-0.4, -0.2) is 109 Å². The summed E-state index contributed by atoms with van der Waals surface area (Å²) in [5.74, 6) is -0.238. The maximum absolute atomic E-state index is 13.3. The van der Waals surface area contributed by atoms with E-state index < -0.39 is 39.6 Å². The van der Waals surface area contributed by atoms with Crippen LogP contribution in [0.25, 0.3) is 0 Å². The molecule has 4 rings (SSSR count). The van der Waals surface area contributed by atoms with Crippen LogP contribution in [0.5, 0.6) is 0 Å². The Morgan fingerprint density at radius 1 is 1.07 bits per heavy atom. The highest BCUT2D eigenvalue weighted by atomic mass is 32.2. The summed E-state index contributed by atoms with van der Waals surface area (Å²) in [6.45, 7) is 0.388. The second kappa shape index (κ2) is 11.8. The summed E-state index contributed by atoms with van der Waals surface area (Å²) in [4.78, 5) is 22.9. The van der Waals surface area contributed by atoms with E-state index in [1.165, 1.54) is 28.4 Å². The Labute approximate surface area is 240 Å². The van der Waals surface area contributed by atoms with Gasteiger partial charge in [-0.05, 0) is 12.1 Å². The van der Waals surface area contributed by atoms with Crippen molar-refractivity contribution in [2.45, 2.75) is 47.1 Å². The number of anilines is 2. The molecular formula is C23H28F6N6O5S2. The summed E-state index contributed by atoms with van der Waals surface area (Å²) in [6.07, 6.45) is -11.3. The molecule has 0 saturated carbocycles. The fourth-order valence-corrected chi connectivity index (χ4v) is 7.74. The first-order chi connectivity index (χ1) is 19.5. The number of nitrogens with zero attached hydrogens (tertiary/aromatic N) is 5. The number of hydrogen-bond acceptors (Lipinski definition) is 11. The second-order valence-corrected chi connectivity index (χ2v) is 13.2. The van der Waals surface area contributed by atoms with Gasteiger partial charge in [0.2, 0.25) is 5.95 Å². The maximum Gasteiger partial charge on any atom is 0.430 e. The van der Waals surface area contributed by atoms with E-state index in [9.17, 15) is 44.7 Å². The van der Waals surface area contributed by atoms with Crippen molar-refractivity contribution in [1.29, 1.82) is 0 Å². The molecule has 4 heterocycles. The minimum atomic E-state index is -6.11. The highest BCUT2D eigenvalue weighted by molar-refractivity contribution is 7.91. The standard InChI is InChI=1S/C23H28F6N6O5S2/c1-40-13-15-8-17(36)4-5-33(15)11-16-12-34(42(38,39)19-3-2-18(30)41-19)6-7-35(16)20-31-9-14(10-32-20)21(37,22(24,25)26)23(27,28)29/h2-3,9-10,15-16,37H,4-8,11-13,30H2,1H3/t15-,16-/m0/s1. The van der Waals surface area contributed by atoms with Gasteiger partial charge in [0.1, 0.15) is 9.99 Å². The van der Waals surface area contributed by atoms with E-state index in [2.05, 4.69) is 9.97 Å². The average Bonchev–Trinajstić information content (AvgIpc) is 3.36. The van der Waals surface area contributed by atoms with Crippen LogP contribution in [0, 0.1) is 0 Å². The normalized spacial score (nSPS) is 22.1. The third kappa shape index (κ3) is 6.21. The number of sulfonamides is 1. The Bertz CT molecular complexity index is 1360. The number of likely N-dealkylation sites (tertiary alicyclic amines) is 1. The molecule has 234 valence electrons. The predicted molar refractivity (Wildman–Crippen MR) is 138 cm³/mol. The van der Waals surface area contributed by atoms with Gasteiger partial charge < -0.3 is 20.5 Å². The number of ether oxygens (including phenoxy) is 1. The number of rotatable bonds is 8. The number of halogens is 6. The van der Waals surface area contributed by atoms with Crippen molar-refractivity contribution in [3.8, 4) is 0 Å². The van der Waals surface area contributed by atoms with Crippen LogP contribution in [0.4, 0.5) is 37.3 Å². The van der Waals surface area contributed by atoms with Gasteiger partial charge in [0.05, 0.1) is 17.6 Å². The second-order valence-electron chi connectivity index (χ2n) is 9.94. The summed E-state index contributed by atoms with van der Waals surface area (Å²) in [7, 11) is -2.53. The summed E-state index contributed by atoms with van der Waals surface area (Å²) < 4.78 is 113. The number of nitrogen functional groups attached to an aromatic ring is 1. The third-order valence-corrected chi connectivity index (χ3v) is 10.5. The van der Waals surface area contributed by atoms with E-state index in [1.54, 1.807) is 0 Å². The number of carbonyl (C=O) groups excluding carboxylic acids is 1. The van der Waals surface area contributed by atoms with Crippen molar-refractivity contribution in [1.82, 2.24) is 19.2 Å². The van der Waals surface area contributed by atoms with Gasteiger partial charge in [0.25, 0.3) is 15.6 Å². The zero-order chi connectivity index (χ0) is 31.1. The molecule has 0 aromatic carbocycles. The molecule has 42 heavy (non-hydrogen) atoms. The van der Waals surface area contributed by atoms with E-state index in [-0.39, 0.29) is 85.0 Å². The lowest BCUT2D eigenvalue weighted by molar-refractivity contribution is -0.376. The van der Waals surface area contributed by atoms with Gasteiger partial charge in [-0.2, -0.15) is 30.6 Å². The first kappa shape index (κ1) is 32.3. The van der Waals surface area contributed by atoms with Crippen molar-refractivity contribution in [3.05, 3.63) is 30.1 Å². The molecule has 0 unspecified atom stereocenters. The number of alkyl halides is 6. The number of aliphatic hydroxyl groups is 1. The van der Waals surface area contributed by atoms with Crippen molar-refractivity contribution >= 4 is 38.1 Å². The molecule has 0 radical (unpaired) electrons. The number of hydrogen-bond donors (Lipinski definition) is 2. The number of Topliss-reactive ketones (excluding diaryl/α,β-unsaturated/α-hetero) is 1. The number of thiophene rings is 1. The van der Waals surface area contributed by atoms with Crippen LogP contribution in [0.15, 0.2) is 28.7 Å². The first-order valence-corrected chi connectivity index (χ1v) is 14.8. The molecule has 0 spiro atoms. The first-order valence-electron chi connectivity index (χ1n) is 12.5. The molecule has 2 aromatic heterocycles. The quantitative estimate of drug-likeness (QED) is 0.409. The van der Waals surface area contributed by atoms with Crippen LogP contribution in [0.1, 0.15) is 18.4 Å². The fraction of sp³-hybridized carbons (Fsp3) is 0.609. The topological polar surface area (TPSA) is 142 Å². The average molecular weight is 647 g/mol. The monoisotopic (exact) mass is 646 g/mol. The molecule has 0 aliphatic carbocycles. The van der Waals surface area contributed by atoms with E-state index in [0.717, 1.165) is 11.3 Å². The molecule has 2 aromatic rings. The zero-order valence-electron chi connectivity index (χ0n) is 22.1. The molecule has 2 saturated heterocycles. The summed E-state index contributed by atoms with van der Waals surface area (Å²) in [5, 5.41) is 9.98. The molecule has 3 N–H and O–H groups in total. The molecular weight excluding hydrogens is 618 g/mol. The fourth-order valence-electron chi connectivity index (χ4n) is 5.02. The molecule has 2 aliphatic heterocycles. The lowest BCUT2D eigenvalue weighted by atomic mass is 9.95. The number of aromatic nitrogens is 2. The summed E-state index contributed by atoms with van der Waals surface area (Å²) in [5.41, 5.74) is -1.10. The van der Waals surface area contributed by atoms with Gasteiger partial charge in [-0.25, -0.2) is 18.4 Å². The van der Waals surface area contributed by atoms with E-state index in [0.29, 0.717) is 6.54 Å². The number of piperazine rings is 1. The summed E-state index contributed by atoms with van der Waals surface area (Å²) >= 11 is 0.875. The SMILES string of the molecule is COC[C@@H]1CC(=O)CCN1C[C@H]1CN(S(=O)(=O)c2ccc(N)s2)CCN1c1ncc(C(O)(C(F)(F)F)C(F)(F)F)cn1. The van der Waals surface area contributed by atoms with Gasteiger partial charge >= 0.3 is 12.4 Å². The minimum Gasteiger partial charge on any atom is -0.391 e. The number of carbonyl (C=O) groups is 1. The third-order valence-electron chi connectivity index (χ3n) is 7.24. The van der Waals surface area contributed by atoms with Crippen molar-refractivity contribution < 1.29 is 49.4 Å². The van der Waals surface area contributed by atoms with E-state index >= 15 is 0 Å².